The topological polar surface area (TPSA) is 132 Å². The van der Waals surface area contributed by atoms with E-state index in [0.717, 1.165) is 5.56 Å². The summed E-state index contributed by atoms with van der Waals surface area (Å²) in [6, 6.07) is 26.0. The van der Waals surface area contributed by atoms with E-state index >= 15 is 0 Å². The van der Waals surface area contributed by atoms with Gasteiger partial charge in [-0.05, 0) is 80.4 Å². The van der Waals surface area contributed by atoms with Crippen molar-refractivity contribution in [3.63, 3.8) is 0 Å². The molecule has 0 heterocycles. The van der Waals surface area contributed by atoms with Crippen LogP contribution in [0.15, 0.2) is 91.0 Å². The lowest BCUT2D eigenvalue weighted by molar-refractivity contribution is -0.150. The minimum Gasteiger partial charge on any atom is -0.493 e. The molecule has 4 unspecified atom stereocenters. The molecule has 3 N–H and O–H groups in total. The molecule has 1 aliphatic carbocycles. The van der Waals surface area contributed by atoms with Gasteiger partial charge in [0.25, 0.3) is 0 Å². The van der Waals surface area contributed by atoms with Gasteiger partial charge in [-0.15, -0.1) is 0 Å². The van der Waals surface area contributed by atoms with Crippen molar-refractivity contribution in [1.82, 2.24) is 0 Å². The van der Waals surface area contributed by atoms with Gasteiger partial charge in [0.2, 0.25) is 11.8 Å². The van der Waals surface area contributed by atoms with Crippen LogP contribution in [0.1, 0.15) is 44.2 Å². The highest BCUT2D eigenvalue weighted by atomic mass is 35.5. The first-order valence-electron chi connectivity index (χ1n) is 16.4. The third-order valence-electron chi connectivity index (χ3n) is 8.60. The van der Waals surface area contributed by atoms with Crippen molar-refractivity contribution in [1.29, 1.82) is 0 Å². The predicted octanol–water partition coefficient (Wildman–Crippen LogP) is 7.04. The second-order valence-electron chi connectivity index (χ2n) is 12.1. The molecule has 0 aromatic heterocycles. The normalized spacial score (nSPS) is 20.0. The molecule has 4 aromatic carbocycles. The van der Waals surface area contributed by atoms with E-state index in [0.29, 0.717) is 58.2 Å². The number of benzene rings is 4. The standard InChI is InChI=1S/C39H41ClN2O8/c1-5-48-30-13-9-7-11-27(30)41-37(44)35-29(43)22-39(3,46)36(38(45)42-28-12-8-10-14-31(28)49-6-2)34(35)25-17-20-32(33(21-25)47-4)50-23-24-15-18-26(40)19-16-24/h7-21,34-36,46H,5-6,22-23H2,1-4H3,(H,41,44)(H,42,45). The zero-order chi connectivity index (χ0) is 35.8. The third kappa shape index (κ3) is 8.21. The number of rotatable bonds is 13. The van der Waals surface area contributed by atoms with Crippen molar-refractivity contribution in [2.24, 2.45) is 11.8 Å². The Labute approximate surface area is 296 Å². The maximum Gasteiger partial charge on any atom is 0.235 e. The van der Waals surface area contributed by atoms with Crippen LogP contribution in [0.4, 0.5) is 11.4 Å². The molecule has 0 bridgehead atoms. The molecule has 5 rings (SSSR count). The lowest BCUT2D eigenvalue weighted by atomic mass is 9.61. The van der Waals surface area contributed by atoms with E-state index in [1.165, 1.54) is 14.0 Å². The van der Waals surface area contributed by atoms with Crippen LogP contribution in [-0.2, 0) is 21.0 Å². The van der Waals surface area contributed by atoms with E-state index < -0.39 is 47.4 Å². The van der Waals surface area contributed by atoms with Gasteiger partial charge in [0.05, 0.1) is 43.2 Å². The monoisotopic (exact) mass is 700 g/mol. The van der Waals surface area contributed by atoms with E-state index in [-0.39, 0.29) is 6.61 Å². The van der Waals surface area contributed by atoms with Gasteiger partial charge in [0.1, 0.15) is 29.8 Å². The van der Waals surface area contributed by atoms with Gasteiger partial charge in [-0.1, -0.05) is 54.1 Å². The number of aliphatic hydroxyl groups is 1. The summed E-state index contributed by atoms with van der Waals surface area (Å²) in [4.78, 5) is 42.5. The van der Waals surface area contributed by atoms with Crippen LogP contribution in [0.25, 0.3) is 0 Å². The fourth-order valence-electron chi connectivity index (χ4n) is 6.37. The number of carbonyl (C=O) groups excluding carboxylic acids is 3. The van der Waals surface area contributed by atoms with Gasteiger partial charge in [-0.25, -0.2) is 0 Å². The number of para-hydroxylation sites is 4. The van der Waals surface area contributed by atoms with Crippen LogP contribution in [0, 0.1) is 11.8 Å². The molecule has 4 atom stereocenters. The van der Waals surface area contributed by atoms with Gasteiger partial charge < -0.3 is 34.7 Å². The molecule has 0 radical (unpaired) electrons. The summed E-state index contributed by atoms with van der Waals surface area (Å²) in [6.45, 7) is 6.04. The predicted molar refractivity (Wildman–Crippen MR) is 191 cm³/mol. The lowest BCUT2D eigenvalue weighted by Crippen LogP contribution is -2.56. The maximum atomic E-state index is 14.3. The number of nitrogens with one attached hydrogen (secondary N) is 2. The quantitative estimate of drug-likeness (QED) is 0.127. The summed E-state index contributed by atoms with van der Waals surface area (Å²) in [5.74, 6) is -3.92. The van der Waals surface area contributed by atoms with Crippen molar-refractivity contribution in [2.45, 2.75) is 45.3 Å². The highest BCUT2D eigenvalue weighted by Crippen LogP contribution is 2.48. The Bertz CT molecular complexity index is 1830. The van der Waals surface area contributed by atoms with E-state index in [1.807, 2.05) is 26.0 Å². The maximum absolute atomic E-state index is 14.3. The molecular formula is C39H41ClN2O8. The summed E-state index contributed by atoms with van der Waals surface area (Å²) >= 11 is 6.03. The van der Waals surface area contributed by atoms with Crippen LogP contribution in [0.2, 0.25) is 5.02 Å². The number of ketones is 1. The van der Waals surface area contributed by atoms with Crippen LogP contribution in [-0.4, -0.2) is 48.6 Å². The second-order valence-corrected chi connectivity index (χ2v) is 12.6. The Morgan fingerprint density at radius 1 is 0.800 bits per heavy atom. The molecule has 10 nitrogen and oxygen atoms in total. The lowest BCUT2D eigenvalue weighted by Gasteiger charge is -2.44. The van der Waals surface area contributed by atoms with Gasteiger partial charge in [0, 0.05) is 17.4 Å². The molecule has 1 fully saturated rings. The van der Waals surface area contributed by atoms with Gasteiger partial charge >= 0.3 is 0 Å². The van der Waals surface area contributed by atoms with E-state index in [2.05, 4.69) is 10.6 Å². The number of methoxy groups -OCH3 is 1. The molecular weight excluding hydrogens is 660 g/mol. The van der Waals surface area contributed by atoms with Gasteiger partial charge in [-0.3, -0.25) is 14.4 Å². The first-order chi connectivity index (χ1) is 24.1. The average Bonchev–Trinajstić information content (AvgIpc) is 3.09. The molecule has 262 valence electrons. The zero-order valence-corrected chi connectivity index (χ0v) is 29.2. The largest absolute Gasteiger partial charge is 0.493 e. The number of amides is 2. The molecule has 0 saturated heterocycles. The molecule has 1 aliphatic rings. The Balaban J connectivity index is 1.57. The van der Waals surface area contributed by atoms with Gasteiger partial charge in [0.15, 0.2) is 11.5 Å². The van der Waals surface area contributed by atoms with Gasteiger partial charge in [-0.2, -0.15) is 0 Å². The fraction of sp³-hybridized carbons (Fsp3) is 0.308. The number of anilines is 2. The number of hydrogen-bond acceptors (Lipinski definition) is 8. The summed E-state index contributed by atoms with van der Waals surface area (Å²) in [7, 11) is 1.47. The SMILES string of the molecule is CCOc1ccccc1NC(=O)C1C(=O)CC(C)(O)C(C(=O)Nc2ccccc2OCC)C1c1ccc(OCc2ccc(Cl)cc2)c(OC)c1. The highest BCUT2D eigenvalue weighted by molar-refractivity contribution is 6.30. The summed E-state index contributed by atoms with van der Waals surface area (Å²) < 4.78 is 23.2. The van der Waals surface area contributed by atoms with E-state index in [9.17, 15) is 19.5 Å². The minimum atomic E-state index is -1.83. The Morgan fingerprint density at radius 2 is 1.38 bits per heavy atom. The van der Waals surface area contributed by atoms with E-state index in [1.54, 1.807) is 78.9 Å². The number of hydrogen-bond donors (Lipinski definition) is 3. The Morgan fingerprint density at radius 3 is 1.96 bits per heavy atom. The molecule has 0 spiro atoms. The van der Waals surface area contributed by atoms with Crippen LogP contribution in [0.3, 0.4) is 0 Å². The smallest absolute Gasteiger partial charge is 0.235 e. The van der Waals surface area contributed by atoms with Crippen LogP contribution >= 0.6 is 11.6 Å². The fourth-order valence-corrected chi connectivity index (χ4v) is 6.49. The molecule has 50 heavy (non-hydrogen) atoms. The Hall–Kier alpha value is -5.06. The molecule has 1 saturated carbocycles. The molecule has 4 aromatic rings. The first-order valence-corrected chi connectivity index (χ1v) is 16.8. The average molecular weight is 701 g/mol. The first kappa shape index (κ1) is 36.2. The van der Waals surface area contributed by atoms with Crippen molar-refractivity contribution in [2.75, 3.05) is 31.0 Å². The van der Waals surface area contributed by atoms with E-state index in [4.69, 9.17) is 30.5 Å². The number of carbonyl (C=O) groups is 3. The summed E-state index contributed by atoms with van der Waals surface area (Å²) in [6.07, 6.45) is -0.431. The molecule has 2 amide bonds. The Kier molecular flexibility index (Phi) is 11.7. The summed E-state index contributed by atoms with van der Waals surface area (Å²) in [5.41, 5.74) is 0.233. The minimum absolute atomic E-state index is 0.220. The molecule has 11 heteroatoms. The van der Waals surface area contributed by atoms with Crippen LogP contribution < -0.4 is 29.6 Å². The number of halogens is 1. The van der Waals surface area contributed by atoms with Crippen molar-refractivity contribution >= 4 is 40.6 Å². The second kappa shape index (κ2) is 16.1. The summed E-state index contributed by atoms with van der Waals surface area (Å²) in [5, 5.41) is 18.2. The van der Waals surface area contributed by atoms with Crippen molar-refractivity contribution < 1.29 is 38.4 Å². The highest BCUT2D eigenvalue weighted by Gasteiger charge is 2.56. The number of Topliss-reactive ketones (excluding diaryl/α,β-unsaturated/α-hetero) is 1. The zero-order valence-electron chi connectivity index (χ0n) is 28.4. The molecule has 0 aliphatic heterocycles. The van der Waals surface area contributed by atoms with Crippen molar-refractivity contribution in [3.05, 3.63) is 107 Å². The third-order valence-corrected chi connectivity index (χ3v) is 8.85. The van der Waals surface area contributed by atoms with Crippen LogP contribution in [0.5, 0.6) is 23.0 Å². The van der Waals surface area contributed by atoms with Crippen molar-refractivity contribution in [3.8, 4) is 23.0 Å². The number of ether oxygens (including phenoxy) is 4.